The molecule has 0 radical (unpaired) electrons. The summed E-state index contributed by atoms with van der Waals surface area (Å²) in [7, 11) is 0. The number of phenols is 1. The first-order chi connectivity index (χ1) is 14.2. The lowest BCUT2D eigenvalue weighted by molar-refractivity contribution is -0.131. The number of carboxylic acid groups (broad SMARTS) is 1. The number of furan rings is 1. The normalized spacial score (nSPS) is 16.4. The Morgan fingerprint density at radius 1 is 1.30 bits per heavy atom. The van der Waals surface area contributed by atoms with Crippen molar-refractivity contribution >= 4 is 57.8 Å². The van der Waals surface area contributed by atoms with Gasteiger partial charge in [-0.05, 0) is 36.2 Å². The van der Waals surface area contributed by atoms with Crippen LogP contribution in [0.1, 0.15) is 30.0 Å². The molecule has 1 fully saturated rings. The Bertz CT molecular complexity index is 1050. The second kappa shape index (κ2) is 8.72. The van der Waals surface area contributed by atoms with Crippen LogP contribution in [0.15, 0.2) is 45.9 Å². The van der Waals surface area contributed by atoms with Crippen molar-refractivity contribution in [3.8, 4) is 5.75 Å². The number of aromatic hydroxyl groups is 1. The molecule has 2 aromatic rings. The van der Waals surface area contributed by atoms with Gasteiger partial charge in [-0.15, -0.1) is 0 Å². The summed E-state index contributed by atoms with van der Waals surface area (Å²) in [5.74, 6) is -2.47. The lowest BCUT2D eigenvalue weighted by atomic mass is 10.0. The molecule has 30 heavy (non-hydrogen) atoms. The van der Waals surface area contributed by atoms with Crippen LogP contribution in [-0.2, 0) is 9.59 Å². The van der Waals surface area contributed by atoms with Gasteiger partial charge in [-0.1, -0.05) is 37.8 Å². The first-order valence-electron chi connectivity index (χ1n) is 8.86. The Morgan fingerprint density at radius 3 is 2.63 bits per heavy atom. The van der Waals surface area contributed by atoms with Gasteiger partial charge in [0.05, 0.1) is 11.2 Å². The molecular formula is C20H18N2O6S2. The maximum atomic E-state index is 13.0. The molecule has 3 rings (SSSR count). The van der Waals surface area contributed by atoms with Gasteiger partial charge in [0.15, 0.2) is 0 Å². The molecule has 156 valence electrons. The molecule has 1 aromatic carbocycles. The molecule has 1 saturated heterocycles. The van der Waals surface area contributed by atoms with Crippen LogP contribution in [0.5, 0.6) is 5.75 Å². The summed E-state index contributed by atoms with van der Waals surface area (Å²) in [6, 6.07) is 6.17. The van der Waals surface area contributed by atoms with E-state index in [0.717, 1.165) is 17.8 Å². The molecule has 3 N–H and O–H groups in total. The fourth-order valence-corrected chi connectivity index (χ4v) is 4.25. The summed E-state index contributed by atoms with van der Waals surface area (Å²) in [5.41, 5.74) is -0.168. The molecule has 0 saturated carbocycles. The average Bonchev–Trinajstić information content (AvgIpc) is 3.27. The molecule has 0 bridgehead atoms. The number of nitrogens with one attached hydrogen (secondary N) is 1. The lowest BCUT2D eigenvalue weighted by Crippen LogP contribution is -2.49. The quantitative estimate of drug-likeness (QED) is 0.350. The van der Waals surface area contributed by atoms with Crippen molar-refractivity contribution in [1.82, 2.24) is 4.90 Å². The van der Waals surface area contributed by atoms with E-state index in [1.165, 1.54) is 23.3 Å². The Kier molecular flexibility index (Phi) is 6.28. The number of carbonyl (C=O) groups excluding carboxylic acids is 2. The molecule has 2 heterocycles. The van der Waals surface area contributed by atoms with Crippen LogP contribution >= 0.6 is 24.0 Å². The number of thiocarbonyl (C=S) groups is 1. The first-order valence-corrected chi connectivity index (χ1v) is 10.1. The summed E-state index contributed by atoms with van der Waals surface area (Å²) < 4.78 is 5.48. The molecule has 0 aliphatic carbocycles. The molecule has 0 unspecified atom stereocenters. The summed E-state index contributed by atoms with van der Waals surface area (Å²) in [6.07, 6.45) is 3.05. The number of anilines is 1. The third-order valence-electron chi connectivity index (χ3n) is 4.31. The Balaban J connectivity index is 1.86. The Labute approximate surface area is 181 Å². The lowest BCUT2D eigenvalue weighted by Gasteiger charge is -2.29. The van der Waals surface area contributed by atoms with Crippen LogP contribution in [0.2, 0.25) is 0 Å². The highest BCUT2D eigenvalue weighted by Crippen LogP contribution is 2.36. The molecule has 2 amide bonds. The molecule has 1 atom stereocenters. The Hall–Kier alpha value is -3.11. The number of hydrogen-bond acceptors (Lipinski definition) is 7. The van der Waals surface area contributed by atoms with Crippen molar-refractivity contribution in [2.45, 2.75) is 19.9 Å². The van der Waals surface area contributed by atoms with Crippen LogP contribution in [0.4, 0.5) is 5.69 Å². The topological polar surface area (TPSA) is 120 Å². The molecule has 1 aliphatic heterocycles. The van der Waals surface area contributed by atoms with Crippen molar-refractivity contribution in [2.24, 2.45) is 5.92 Å². The van der Waals surface area contributed by atoms with Crippen molar-refractivity contribution in [1.29, 1.82) is 0 Å². The van der Waals surface area contributed by atoms with E-state index in [2.05, 4.69) is 5.32 Å². The minimum Gasteiger partial charge on any atom is -0.507 e. The summed E-state index contributed by atoms with van der Waals surface area (Å²) >= 11 is 6.42. The van der Waals surface area contributed by atoms with Gasteiger partial charge in [0.1, 0.15) is 27.4 Å². The highest BCUT2D eigenvalue weighted by molar-refractivity contribution is 8.26. The van der Waals surface area contributed by atoms with Crippen LogP contribution < -0.4 is 5.32 Å². The van der Waals surface area contributed by atoms with Gasteiger partial charge in [0.2, 0.25) is 5.91 Å². The zero-order valence-corrected chi connectivity index (χ0v) is 17.6. The van der Waals surface area contributed by atoms with Crippen molar-refractivity contribution in [3.63, 3.8) is 0 Å². The minimum absolute atomic E-state index is 0.178. The number of rotatable bonds is 6. The monoisotopic (exact) mass is 446 g/mol. The molecule has 10 heteroatoms. The third-order valence-corrected chi connectivity index (χ3v) is 5.64. The standard InChI is InChI=1S/C20H18N2O6S2/c1-10(2)16(17(24)21-11-5-6-14(23)13(8-11)19(26)27)22-18(25)15(30-20(22)29)9-12-4-3-7-28-12/h3-10,16,23H,1-2H3,(H,21,24)(H,26,27)/b15-9-/t16-/m0/s1. The zero-order valence-electron chi connectivity index (χ0n) is 16.0. The summed E-state index contributed by atoms with van der Waals surface area (Å²) in [4.78, 5) is 38.8. The van der Waals surface area contributed by atoms with E-state index in [9.17, 15) is 19.5 Å². The van der Waals surface area contributed by atoms with E-state index in [-0.39, 0.29) is 21.5 Å². The maximum Gasteiger partial charge on any atom is 0.339 e. The highest BCUT2D eigenvalue weighted by Gasteiger charge is 2.42. The first kappa shape index (κ1) is 21.6. The highest BCUT2D eigenvalue weighted by atomic mass is 32.2. The molecule has 8 nitrogen and oxygen atoms in total. The van der Waals surface area contributed by atoms with E-state index in [0.29, 0.717) is 10.7 Å². The number of carboxylic acids is 1. The molecular weight excluding hydrogens is 428 g/mol. The van der Waals surface area contributed by atoms with Crippen molar-refractivity contribution in [3.05, 3.63) is 52.8 Å². The second-order valence-electron chi connectivity index (χ2n) is 6.78. The number of aromatic carboxylic acids is 1. The van der Waals surface area contributed by atoms with E-state index >= 15 is 0 Å². The summed E-state index contributed by atoms with van der Waals surface area (Å²) in [5, 5.41) is 21.4. The van der Waals surface area contributed by atoms with Gasteiger partial charge in [-0.2, -0.15) is 0 Å². The van der Waals surface area contributed by atoms with Crippen LogP contribution in [0.25, 0.3) is 6.08 Å². The molecule has 1 aromatic heterocycles. The smallest absolute Gasteiger partial charge is 0.339 e. The van der Waals surface area contributed by atoms with Crippen LogP contribution in [-0.4, -0.2) is 43.3 Å². The Morgan fingerprint density at radius 2 is 2.03 bits per heavy atom. The molecule has 1 aliphatic rings. The van der Waals surface area contributed by atoms with Gasteiger partial charge < -0.3 is 19.9 Å². The van der Waals surface area contributed by atoms with Crippen molar-refractivity contribution in [2.75, 3.05) is 5.32 Å². The number of carbonyl (C=O) groups is 3. The number of nitrogens with zero attached hydrogens (tertiary/aromatic N) is 1. The van der Waals surface area contributed by atoms with Gasteiger partial charge in [-0.3, -0.25) is 14.5 Å². The largest absolute Gasteiger partial charge is 0.507 e. The predicted molar refractivity (Wildman–Crippen MR) is 116 cm³/mol. The van der Waals surface area contributed by atoms with Crippen LogP contribution in [0.3, 0.4) is 0 Å². The van der Waals surface area contributed by atoms with E-state index < -0.39 is 29.6 Å². The van der Waals surface area contributed by atoms with E-state index in [1.807, 2.05) is 0 Å². The second-order valence-corrected chi connectivity index (χ2v) is 8.46. The van der Waals surface area contributed by atoms with Gasteiger partial charge in [0, 0.05) is 11.8 Å². The van der Waals surface area contributed by atoms with Gasteiger partial charge in [-0.25, -0.2) is 4.79 Å². The summed E-state index contributed by atoms with van der Waals surface area (Å²) in [6.45, 7) is 3.55. The SMILES string of the molecule is CC(C)[C@@H](C(=O)Nc1ccc(O)c(C(=O)O)c1)N1C(=O)/C(=C/c2ccco2)SC1=S. The van der Waals surface area contributed by atoms with Crippen LogP contribution in [0, 0.1) is 5.92 Å². The third kappa shape index (κ3) is 4.39. The fraction of sp³-hybridized carbons (Fsp3) is 0.200. The number of thioether (sulfide) groups is 1. The van der Waals surface area contributed by atoms with E-state index in [1.54, 1.807) is 32.1 Å². The number of hydrogen-bond donors (Lipinski definition) is 3. The number of amides is 2. The van der Waals surface area contributed by atoms with Gasteiger partial charge >= 0.3 is 5.97 Å². The zero-order chi connectivity index (χ0) is 22.0. The predicted octanol–water partition coefficient (Wildman–Crippen LogP) is 3.55. The minimum atomic E-state index is -1.33. The fourth-order valence-electron chi connectivity index (χ4n) is 2.94. The molecule has 0 spiro atoms. The average molecular weight is 447 g/mol. The maximum absolute atomic E-state index is 13.0. The van der Waals surface area contributed by atoms with Gasteiger partial charge in [0.25, 0.3) is 5.91 Å². The number of benzene rings is 1. The van der Waals surface area contributed by atoms with Crippen molar-refractivity contribution < 1.29 is 29.0 Å². The van der Waals surface area contributed by atoms with E-state index in [4.69, 9.17) is 21.7 Å².